The van der Waals surface area contributed by atoms with Gasteiger partial charge >= 0.3 is 6.09 Å². The Morgan fingerprint density at radius 2 is 2.17 bits per heavy atom. The molecule has 1 unspecified atom stereocenters. The van der Waals surface area contributed by atoms with Gasteiger partial charge in [-0.3, -0.25) is 0 Å². The van der Waals surface area contributed by atoms with Gasteiger partial charge in [0.05, 0.1) is 12.5 Å². The zero-order valence-corrected chi connectivity index (χ0v) is 7.59. The fourth-order valence-electron chi connectivity index (χ4n) is 0.814. The number of carbonyl (C=O) groups is 1. The Bertz CT molecular complexity index is 200. The van der Waals surface area contributed by atoms with Crippen molar-refractivity contribution in [2.75, 3.05) is 0 Å². The molecule has 0 aliphatic heterocycles. The molecule has 0 heterocycles. The summed E-state index contributed by atoms with van der Waals surface area (Å²) in [6.07, 6.45) is -0.874. The Morgan fingerprint density at radius 1 is 1.67 bits per heavy atom. The van der Waals surface area contributed by atoms with Crippen LogP contribution in [0, 0.1) is 16.7 Å². The van der Waals surface area contributed by atoms with Gasteiger partial charge in [-0.2, -0.15) is 5.26 Å². The normalized spacial score (nSPS) is 13.2. The molecule has 0 rings (SSSR count). The van der Waals surface area contributed by atoms with Crippen molar-refractivity contribution in [1.29, 1.82) is 5.26 Å². The zero-order chi connectivity index (χ0) is 9.78. The number of nitriles is 1. The van der Waals surface area contributed by atoms with Gasteiger partial charge in [-0.25, -0.2) is 4.79 Å². The molecule has 0 aromatic rings. The number of hydrogen-bond donors (Lipinski definition) is 2. The lowest BCUT2D eigenvalue weighted by Crippen LogP contribution is -2.42. The minimum absolute atomic E-state index is 0.204. The van der Waals surface area contributed by atoms with Crippen LogP contribution >= 0.6 is 0 Å². The topological polar surface area (TPSA) is 73.1 Å². The Kier molecular flexibility index (Phi) is 3.55. The van der Waals surface area contributed by atoms with Gasteiger partial charge < -0.3 is 10.4 Å². The second-order valence-electron chi connectivity index (χ2n) is 3.73. The predicted molar refractivity (Wildman–Crippen MR) is 44.6 cm³/mol. The van der Waals surface area contributed by atoms with Gasteiger partial charge in [-0.05, 0) is 5.41 Å². The predicted octanol–water partition coefficient (Wildman–Crippen LogP) is 1.58. The third-order valence-corrected chi connectivity index (χ3v) is 1.64. The molecule has 0 fully saturated rings. The summed E-state index contributed by atoms with van der Waals surface area (Å²) in [4.78, 5) is 10.3. The summed E-state index contributed by atoms with van der Waals surface area (Å²) < 4.78 is 0. The molecule has 0 aromatic carbocycles. The van der Waals surface area contributed by atoms with Crippen LogP contribution in [-0.4, -0.2) is 17.2 Å². The fourth-order valence-corrected chi connectivity index (χ4v) is 0.814. The Labute approximate surface area is 72.2 Å². The number of nitrogens with zero attached hydrogens (tertiary/aromatic N) is 1. The summed E-state index contributed by atoms with van der Waals surface area (Å²) in [5.74, 6) is 0. The van der Waals surface area contributed by atoms with Crippen molar-refractivity contribution in [3.05, 3.63) is 0 Å². The van der Waals surface area contributed by atoms with Crippen molar-refractivity contribution >= 4 is 6.09 Å². The summed E-state index contributed by atoms with van der Waals surface area (Å²) >= 11 is 0. The van der Waals surface area contributed by atoms with E-state index in [-0.39, 0.29) is 17.9 Å². The molecule has 0 aliphatic carbocycles. The zero-order valence-electron chi connectivity index (χ0n) is 7.59. The average molecular weight is 170 g/mol. The summed E-state index contributed by atoms with van der Waals surface area (Å²) in [5.41, 5.74) is -0.214. The van der Waals surface area contributed by atoms with Crippen LogP contribution in [0.15, 0.2) is 0 Å². The number of carboxylic acid groups (broad SMARTS) is 1. The molecule has 1 amide bonds. The van der Waals surface area contributed by atoms with E-state index in [9.17, 15) is 4.79 Å². The van der Waals surface area contributed by atoms with E-state index in [1.807, 2.05) is 26.8 Å². The lowest BCUT2D eigenvalue weighted by atomic mass is 9.85. The van der Waals surface area contributed by atoms with Crippen LogP contribution in [0.2, 0.25) is 0 Å². The number of rotatable bonds is 2. The van der Waals surface area contributed by atoms with Crippen LogP contribution in [0.3, 0.4) is 0 Å². The molecule has 4 heteroatoms. The molecule has 2 N–H and O–H groups in total. The molecule has 1 atom stereocenters. The molecule has 0 aromatic heterocycles. The number of nitrogens with one attached hydrogen (secondary N) is 1. The van der Waals surface area contributed by atoms with Gasteiger partial charge in [0.25, 0.3) is 0 Å². The summed E-state index contributed by atoms with van der Waals surface area (Å²) in [6, 6.07) is 1.65. The molecule has 12 heavy (non-hydrogen) atoms. The maximum absolute atomic E-state index is 10.3. The second-order valence-corrected chi connectivity index (χ2v) is 3.73. The van der Waals surface area contributed by atoms with Crippen molar-refractivity contribution in [3.63, 3.8) is 0 Å². The van der Waals surface area contributed by atoms with Gasteiger partial charge in [0.2, 0.25) is 0 Å². The van der Waals surface area contributed by atoms with Gasteiger partial charge in [-0.1, -0.05) is 20.8 Å². The third kappa shape index (κ3) is 3.81. The van der Waals surface area contributed by atoms with Crippen LogP contribution in [0.4, 0.5) is 4.79 Å². The molecule has 0 bridgehead atoms. The maximum atomic E-state index is 10.3. The van der Waals surface area contributed by atoms with Crippen LogP contribution in [0.1, 0.15) is 27.2 Å². The standard InChI is InChI=1S/C8H14N2O2/c1-8(2,3)6(4-5-9)10-7(11)12/h6,10H,4H2,1-3H3,(H,11,12). The van der Waals surface area contributed by atoms with Crippen molar-refractivity contribution in [2.24, 2.45) is 5.41 Å². The first-order valence-corrected chi connectivity index (χ1v) is 3.74. The Morgan fingerprint density at radius 3 is 2.42 bits per heavy atom. The lowest BCUT2D eigenvalue weighted by molar-refractivity contribution is 0.175. The van der Waals surface area contributed by atoms with Crippen LogP contribution in [0.5, 0.6) is 0 Å². The Balaban J connectivity index is 4.25. The van der Waals surface area contributed by atoms with Gasteiger partial charge in [0.15, 0.2) is 0 Å². The average Bonchev–Trinajstić information content (AvgIpc) is 1.83. The minimum Gasteiger partial charge on any atom is -0.465 e. The van der Waals surface area contributed by atoms with Crippen molar-refractivity contribution < 1.29 is 9.90 Å². The largest absolute Gasteiger partial charge is 0.465 e. The first-order valence-electron chi connectivity index (χ1n) is 3.74. The molecule has 68 valence electrons. The molecule has 0 saturated heterocycles. The number of hydrogen-bond acceptors (Lipinski definition) is 2. The van der Waals surface area contributed by atoms with Crippen molar-refractivity contribution in [2.45, 2.75) is 33.2 Å². The molecule has 0 aliphatic rings. The van der Waals surface area contributed by atoms with E-state index in [0.717, 1.165) is 0 Å². The van der Waals surface area contributed by atoms with E-state index in [4.69, 9.17) is 10.4 Å². The van der Waals surface area contributed by atoms with E-state index in [1.165, 1.54) is 0 Å². The van der Waals surface area contributed by atoms with Crippen molar-refractivity contribution in [1.82, 2.24) is 5.32 Å². The van der Waals surface area contributed by atoms with E-state index in [0.29, 0.717) is 0 Å². The van der Waals surface area contributed by atoms with Crippen molar-refractivity contribution in [3.8, 4) is 6.07 Å². The first kappa shape index (κ1) is 10.8. The van der Waals surface area contributed by atoms with E-state index >= 15 is 0 Å². The SMILES string of the molecule is CC(C)(C)C(CC#N)NC(=O)O. The molecular formula is C8H14N2O2. The van der Waals surface area contributed by atoms with E-state index in [1.54, 1.807) is 0 Å². The highest BCUT2D eigenvalue weighted by molar-refractivity contribution is 5.65. The minimum atomic E-state index is -1.08. The highest BCUT2D eigenvalue weighted by atomic mass is 16.4. The third-order valence-electron chi connectivity index (χ3n) is 1.64. The van der Waals surface area contributed by atoms with Gasteiger partial charge in [-0.15, -0.1) is 0 Å². The van der Waals surface area contributed by atoms with Crippen LogP contribution in [0.25, 0.3) is 0 Å². The maximum Gasteiger partial charge on any atom is 0.404 e. The first-order chi connectivity index (χ1) is 5.38. The molecule has 0 radical (unpaired) electrons. The summed E-state index contributed by atoms with van der Waals surface area (Å²) in [5, 5.41) is 19.2. The highest BCUT2D eigenvalue weighted by Gasteiger charge is 2.25. The van der Waals surface area contributed by atoms with Crippen LogP contribution in [-0.2, 0) is 0 Å². The van der Waals surface area contributed by atoms with Gasteiger partial charge in [0, 0.05) is 6.04 Å². The molecule has 4 nitrogen and oxygen atoms in total. The van der Waals surface area contributed by atoms with E-state index in [2.05, 4.69) is 5.32 Å². The molecular weight excluding hydrogens is 156 g/mol. The number of amides is 1. The summed E-state index contributed by atoms with van der Waals surface area (Å²) in [7, 11) is 0. The van der Waals surface area contributed by atoms with E-state index < -0.39 is 6.09 Å². The monoisotopic (exact) mass is 170 g/mol. The molecule has 0 spiro atoms. The quantitative estimate of drug-likeness (QED) is 0.660. The van der Waals surface area contributed by atoms with Crippen LogP contribution < -0.4 is 5.32 Å². The Hall–Kier alpha value is -1.24. The second kappa shape index (κ2) is 3.96. The fraction of sp³-hybridized carbons (Fsp3) is 0.750. The lowest BCUT2D eigenvalue weighted by Gasteiger charge is -2.28. The smallest absolute Gasteiger partial charge is 0.404 e. The summed E-state index contributed by atoms with van der Waals surface area (Å²) in [6.45, 7) is 5.68. The highest BCUT2D eigenvalue weighted by Crippen LogP contribution is 2.21. The van der Waals surface area contributed by atoms with Gasteiger partial charge in [0.1, 0.15) is 0 Å². The molecule has 0 saturated carbocycles.